The minimum absolute atomic E-state index is 0.0371. The molecule has 1 saturated heterocycles. The van der Waals surface area contributed by atoms with Crippen LogP contribution in [0.5, 0.6) is 0 Å². The second kappa shape index (κ2) is 9.84. The Morgan fingerprint density at radius 3 is 2.52 bits per heavy atom. The molecule has 0 bridgehead atoms. The molecule has 1 amide bonds. The summed E-state index contributed by atoms with van der Waals surface area (Å²) in [6.07, 6.45) is 5.72. The maximum atomic E-state index is 13.0. The van der Waals surface area contributed by atoms with Crippen LogP contribution in [0.25, 0.3) is 0 Å². The van der Waals surface area contributed by atoms with Gasteiger partial charge < -0.3 is 5.32 Å². The summed E-state index contributed by atoms with van der Waals surface area (Å²) in [5.74, 6) is 0.276. The van der Waals surface area contributed by atoms with Crippen LogP contribution >= 0.6 is 0 Å². The number of likely N-dealkylation sites (tertiary alicyclic amines) is 1. The molecule has 0 radical (unpaired) electrons. The number of amides is 1. The van der Waals surface area contributed by atoms with Gasteiger partial charge in [-0.15, -0.1) is 0 Å². The molecule has 5 heteroatoms. The molecule has 0 atom stereocenters. The van der Waals surface area contributed by atoms with E-state index in [-0.39, 0.29) is 5.91 Å². The number of aromatic nitrogens is 2. The zero-order valence-corrected chi connectivity index (χ0v) is 18.3. The summed E-state index contributed by atoms with van der Waals surface area (Å²) in [5.41, 5.74) is 6.24. The summed E-state index contributed by atoms with van der Waals surface area (Å²) < 4.78 is 0. The van der Waals surface area contributed by atoms with Gasteiger partial charge in [0.2, 0.25) is 0 Å². The van der Waals surface area contributed by atoms with Crippen LogP contribution in [0.3, 0.4) is 0 Å². The number of nitrogens with one attached hydrogen (secondary N) is 1. The van der Waals surface area contributed by atoms with Gasteiger partial charge in [0.25, 0.3) is 5.91 Å². The smallest absolute Gasteiger partial charge is 0.253 e. The number of carbonyl (C=O) groups excluding carboxylic acids is 1. The van der Waals surface area contributed by atoms with Crippen LogP contribution in [0.2, 0.25) is 0 Å². The highest BCUT2D eigenvalue weighted by atomic mass is 16.1. The van der Waals surface area contributed by atoms with E-state index in [1.165, 1.54) is 11.1 Å². The standard InChI is InChI=1S/C26H30N4O/c1-19-5-3-4-6-23(19)17-28-26(31)24-8-7-20(2)29-25(24)22-11-15-30(16-12-22)18-21-9-13-27-14-10-21/h3-10,13-14,22H,11-12,15-18H2,1-2H3,(H,28,31). The number of rotatable bonds is 6. The maximum Gasteiger partial charge on any atom is 0.253 e. The van der Waals surface area contributed by atoms with Crippen LogP contribution in [-0.2, 0) is 13.1 Å². The summed E-state index contributed by atoms with van der Waals surface area (Å²) >= 11 is 0. The average molecular weight is 415 g/mol. The van der Waals surface area contributed by atoms with E-state index in [0.29, 0.717) is 18.0 Å². The molecule has 4 rings (SSSR count). The summed E-state index contributed by atoms with van der Waals surface area (Å²) in [6, 6.07) is 16.2. The molecule has 0 spiro atoms. The number of hydrogen-bond donors (Lipinski definition) is 1. The first-order valence-corrected chi connectivity index (χ1v) is 11.0. The third-order valence-corrected chi connectivity index (χ3v) is 6.14. The molecule has 31 heavy (non-hydrogen) atoms. The van der Waals surface area contributed by atoms with Crippen molar-refractivity contribution in [2.75, 3.05) is 13.1 Å². The fraction of sp³-hybridized carbons (Fsp3) is 0.346. The van der Waals surface area contributed by atoms with Gasteiger partial charge in [0.15, 0.2) is 0 Å². The Labute approximate surface area is 184 Å². The molecule has 2 aromatic heterocycles. The number of nitrogens with zero attached hydrogens (tertiary/aromatic N) is 3. The van der Waals surface area contributed by atoms with E-state index in [0.717, 1.165) is 49.4 Å². The van der Waals surface area contributed by atoms with Crippen molar-refractivity contribution in [2.45, 2.75) is 45.7 Å². The van der Waals surface area contributed by atoms with Gasteiger partial charge in [-0.05, 0) is 80.7 Å². The van der Waals surface area contributed by atoms with Gasteiger partial charge >= 0.3 is 0 Å². The van der Waals surface area contributed by atoms with Gasteiger partial charge in [-0.1, -0.05) is 24.3 Å². The Morgan fingerprint density at radius 1 is 1.03 bits per heavy atom. The Morgan fingerprint density at radius 2 is 1.77 bits per heavy atom. The fourth-order valence-corrected chi connectivity index (χ4v) is 4.27. The molecule has 1 aliphatic heterocycles. The van der Waals surface area contributed by atoms with Crippen molar-refractivity contribution in [3.8, 4) is 0 Å². The number of benzene rings is 1. The van der Waals surface area contributed by atoms with E-state index in [1.54, 1.807) is 0 Å². The molecular weight excluding hydrogens is 384 g/mol. The molecule has 160 valence electrons. The third-order valence-electron chi connectivity index (χ3n) is 6.14. The SMILES string of the molecule is Cc1ccc(C(=O)NCc2ccccc2C)c(C2CCN(Cc3ccncc3)CC2)n1. The van der Waals surface area contributed by atoms with Gasteiger partial charge in [-0.2, -0.15) is 0 Å². The van der Waals surface area contributed by atoms with E-state index < -0.39 is 0 Å². The molecule has 1 fully saturated rings. The van der Waals surface area contributed by atoms with Crippen LogP contribution < -0.4 is 5.32 Å². The van der Waals surface area contributed by atoms with E-state index in [4.69, 9.17) is 4.98 Å². The Hall–Kier alpha value is -3.05. The molecule has 0 saturated carbocycles. The Kier molecular flexibility index (Phi) is 6.73. The number of hydrogen-bond acceptors (Lipinski definition) is 4. The van der Waals surface area contributed by atoms with Crippen molar-refractivity contribution in [1.82, 2.24) is 20.2 Å². The third kappa shape index (κ3) is 5.36. The molecule has 0 unspecified atom stereocenters. The van der Waals surface area contributed by atoms with Gasteiger partial charge in [0, 0.05) is 37.1 Å². The minimum atomic E-state index is -0.0371. The highest BCUT2D eigenvalue weighted by Crippen LogP contribution is 2.30. The van der Waals surface area contributed by atoms with Crippen molar-refractivity contribution >= 4 is 5.91 Å². The first-order valence-electron chi connectivity index (χ1n) is 11.0. The maximum absolute atomic E-state index is 13.0. The van der Waals surface area contributed by atoms with Crippen LogP contribution in [0.1, 0.15) is 57.2 Å². The number of pyridine rings is 2. The lowest BCUT2D eigenvalue weighted by atomic mass is 9.89. The average Bonchev–Trinajstić information content (AvgIpc) is 2.79. The highest BCUT2D eigenvalue weighted by molar-refractivity contribution is 5.95. The van der Waals surface area contributed by atoms with E-state index in [1.807, 2.05) is 43.6 Å². The molecule has 3 heterocycles. The second-order valence-electron chi connectivity index (χ2n) is 8.40. The predicted octanol–water partition coefficient (Wildman–Crippen LogP) is 4.40. The number of carbonyl (C=O) groups is 1. The van der Waals surface area contributed by atoms with Gasteiger partial charge in [-0.25, -0.2) is 0 Å². The monoisotopic (exact) mass is 414 g/mol. The lowest BCUT2D eigenvalue weighted by Crippen LogP contribution is -2.34. The van der Waals surface area contributed by atoms with Crippen molar-refractivity contribution in [1.29, 1.82) is 0 Å². The Balaban J connectivity index is 1.42. The first kappa shape index (κ1) is 21.2. The van der Waals surface area contributed by atoms with Crippen molar-refractivity contribution in [2.24, 2.45) is 0 Å². The minimum Gasteiger partial charge on any atom is -0.348 e. The van der Waals surface area contributed by atoms with Crippen LogP contribution in [0.15, 0.2) is 60.9 Å². The summed E-state index contributed by atoms with van der Waals surface area (Å²) in [6.45, 7) is 7.56. The lowest BCUT2D eigenvalue weighted by Gasteiger charge is -2.32. The zero-order valence-electron chi connectivity index (χ0n) is 18.3. The molecule has 1 N–H and O–H groups in total. The van der Waals surface area contributed by atoms with Crippen LogP contribution in [0, 0.1) is 13.8 Å². The topological polar surface area (TPSA) is 58.1 Å². The van der Waals surface area contributed by atoms with E-state index >= 15 is 0 Å². The summed E-state index contributed by atoms with van der Waals surface area (Å²) in [4.78, 5) is 24.4. The summed E-state index contributed by atoms with van der Waals surface area (Å²) in [5, 5.41) is 3.10. The fourth-order valence-electron chi connectivity index (χ4n) is 4.27. The molecule has 3 aromatic rings. The second-order valence-corrected chi connectivity index (χ2v) is 8.40. The van der Waals surface area contributed by atoms with E-state index in [2.05, 4.69) is 46.4 Å². The van der Waals surface area contributed by atoms with Crippen LogP contribution in [0.4, 0.5) is 0 Å². The lowest BCUT2D eigenvalue weighted by molar-refractivity contribution is 0.0948. The quantitative estimate of drug-likeness (QED) is 0.649. The van der Waals surface area contributed by atoms with Gasteiger partial charge in [0.1, 0.15) is 0 Å². The normalized spacial score (nSPS) is 15.0. The number of piperidine rings is 1. The first-order chi connectivity index (χ1) is 15.1. The molecule has 1 aliphatic rings. The molecule has 0 aliphatic carbocycles. The molecule has 1 aromatic carbocycles. The van der Waals surface area contributed by atoms with Crippen LogP contribution in [-0.4, -0.2) is 33.9 Å². The predicted molar refractivity (Wildman–Crippen MR) is 123 cm³/mol. The van der Waals surface area contributed by atoms with Gasteiger partial charge in [-0.3, -0.25) is 19.7 Å². The number of aryl methyl sites for hydroxylation is 2. The molecule has 5 nitrogen and oxygen atoms in total. The van der Waals surface area contributed by atoms with Crippen molar-refractivity contribution < 1.29 is 4.79 Å². The summed E-state index contributed by atoms with van der Waals surface area (Å²) in [7, 11) is 0. The van der Waals surface area contributed by atoms with Gasteiger partial charge in [0.05, 0.1) is 11.3 Å². The molecular formula is C26H30N4O. The Bertz CT molecular complexity index is 1030. The van der Waals surface area contributed by atoms with E-state index in [9.17, 15) is 4.79 Å². The van der Waals surface area contributed by atoms with Crippen molar-refractivity contribution in [3.63, 3.8) is 0 Å². The largest absolute Gasteiger partial charge is 0.348 e. The zero-order chi connectivity index (χ0) is 21.6. The highest BCUT2D eigenvalue weighted by Gasteiger charge is 2.26. The van der Waals surface area contributed by atoms with Crippen molar-refractivity contribution in [3.05, 3.63) is 94.6 Å².